The SMILES string of the molecule is C=C1/C=C\C=C/C/C=C(N(c2ccc(-c3ccc4[nH]c5ccccc5c4c3)cc2)c2ccc(-c3cccc4c(C)c(C=CCCC)sc34)cc2)\C=C/1.c1ccc(-c2ccccc2)cc1. The molecule has 0 spiro atoms. The number of allylic oxidation sites excluding steroid dienone is 9. The zero-order valence-electron chi connectivity index (χ0n) is 36.5. The number of rotatable bonds is 9. The van der Waals surface area contributed by atoms with Crippen molar-refractivity contribution in [2.75, 3.05) is 4.90 Å². The van der Waals surface area contributed by atoms with Gasteiger partial charge >= 0.3 is 0 Å². The number of benzene rings is 7. The lowest BCUT2D eigenvalue weighted by Gasteiger charge is -2.27. The molecule has 0 fully saturated rings. The number of anilines is 2. The number of H-pyrrole nitrogens is 1. The first-order valence-electron chi connectivity index (χ1n) is 22.2. The molecule has 7 aromatic carbocycles. The first kappa shape index (κ1) is 41.9. The first-order valence-corrected chi connectivity index (χ1v) is 23.1. The van der Waals surface area contributed by atoms with Crippen LogP contribution in [0, 0.1) is 6.92 Å². The number of hydrogen-bond donors (Lipinski definition) is 1. The van der Waals surface area contributed by atoms with E-state index in [9.17, 15) is 0 Å². The van der Waals surface area contributed by atoms with Crippen molar-refractivity contribution in [2.45, 2.75) is 33.1 Å². The molecule has 64 heavy (non-hydrogen) atoms. The number of unbranched alkanes of at least 4 members (excludes halogenated alkanes) is 1. The maximum Gasteiger partial charge on any atom is 0.0465 e. The van der Waals surface area contributed by atoms with Crippen LogP contribution in [0.3, 0.4) is 0 Å². The molecule has 2 nitrogen and oxygen atoms in total. The number of nitrogens with zero attached hydrogens (tertiary/aromatic N) is 1. The Morgan fingerprint density at radius 1 is 0.594 bits per heavy atom. The minimum Gasteiger partial charge on any atom is -0.355 e. The van der Waals surface area contributed by atoms with Gasteiger partial charge in [-0.3, -0.25) is 0 Å². The molecule has 9 aromatic rings. The topological polar surface area (TPSA) is 19.0 Å². The van der Waals surface area contributed by atoms with Crippen molar-refractivity contribution in [3.05, 3.63) is 247 Å². The molecule has 312 valence electrons. The van der Waals surface area contributed by atoms with Gasteiger partial charge in [0.05, 0.1) is 0 Å². The fourth-order valence-corrected chi connectivity index (χ4v) is 9.62. The van der Waals surface area contributed by atoms with E-state index in [1.54, 1.807) is 0 Å². The van der Waals surface area contributed by atoms with Gasteiger partial charge in [-0.1, -0.05) is 190 Å². The molecule has 2 aromatic heterocycles. The maximum absolute atomic E-state index is 4.25. The van der Waals surface area contributed by atoms with E-state index < -0.39 is 0 Å². The van der Waals surface area contributed by atoms with Gasteiger partial charge in [-0.2, -0.15) is 0 Å². The van der Waals surface area contributed by atoms with Crippen LogP contribution < -0.4 is 4.90 Å². The smallest absolute Gasteiger partial charge is 0.0465 e. The van der Waals surface area contributed by atoms with Crippen molar-refractivity contribution in [2.24, 2.45) is 0 Å². The van der Waals surface area contributed by atoms with Crippen molar-refractivity contribution in [1.29, 1.82) is 0 Å². The monoisotopic (exact) mass is 844 g/mol. The lowest BCUT2D eigenvalue weighted by atomic mass is 10.0. The summed E-state index contributed by atoms with van der Waals surface area (Å²) in [6.45, 7) is 8.73. The summed E-state index contributed by atoms with van der Waals surface area (Å²) >= 11 is 1.90. The number of hydrogen-bond acceptors (Lipinski definition) is 2. The van der Waals surface area contributed by atoms with Crippen LogP contribution in [0.5, 0.6) is 0 Å². The molecular formula is C61H52N2S. The lowest BCUT2D eigenvalue weighted by molar-refractivity contribution is 0.962. The first-order chi connectivity index (χ1) is 31.5. The molecule has 0 bridgehead atoms. The standard InChI is InChI=1S/C49H42N2S.C12H10/c1-4-5-8-20-48-35(3)42-17-13-18-43(49(42)52-48)37-24-30-41(31-25-37)51(39-15-10-7-6-9-14-34(2)21-27-39)40-28-22-36(23-29-40)38-26-32-47-45(33-38)44-16-11-12-19-46(44)50-47;1-3-7-11(8-4-1)12-9-5-2-6-10-12/h6-9,11-33,50H,2,4-5,10H2,1,3H3;1-10H/b7-6-,14-9-,20-8?,27-21-,39-15+;. The van der Waals surface area contributed by atoms with Crippen molar-refractivity contribution < 1.29 is 0 Å². The second-order valence-corrected chi connectivity index (χ2v) is 17.2. The fraction of sp³-hybridized carbons (Fsp3) is 0.0820. The van der Waals surface area contributed by atoms with E-state index >= 15 is 0 Å². The van der Waals surface area contributed by atoms with E-state index in [-0.39, 0.29) is 0 Å². The Kier molecular flexibility index (Phi) is 12.9. The summed E-state index contributed by atoms with van der Waals surface area (Å²) in [4.78, 5) is 7.26. The van der Waals surface area contributed by atoms with Crippen molar-refractivity contribution >= 4 is 60.7 Å². The fourth-order valence-electron chi connectivity index (χ4n) is 8.34. The van der Waals surface area contributed by atoms with Gasteiger partial charge in [0, 0.05) is 48.5 Å². The summed E-state index contributed by atoms with van der Waals surface area (Å²) in [6, 6.07) is 60.7. The van der Waals surface area contributed by atoms with Crippen LogP contribution in [-0.4, -0.2) is 4.98 Å². The number of thiophene rings is 1. The highest BCUT2D eigenvalue weighted by molar-refractivity contribution is 7.20. The number of aromatic nitrogens is 1. The Bertz CT molecular complexity index is 3150. The van der Waals surface area contributed by atoms with Crippen LogP contribution in [0.4, 0.5) is 11.4 Å². The van der Waals surface area contributed by atoms with Crippen LogP contribution in [-0.2, 0) is 0 Å². The highest BCUT2D eigenvalue weighted by Gasteiger charge is 2.16. The Morgan fingerprint density at radius 3 is 1.94 bits per heavy atom. The Hall–Kier alpha value is -7.46. The second kappa shape index (κ2) is 19.7. The van der Waals surface area contributed by atoms with Crippen LogP contribution in [0.15, 0.2) is 236 Å². The molecule has 0 aliphatic heterocycles. The quantitative estimate of drug-likeness (QED) is 0.153. The highest BCUT2D eigenvalue weighted by atomic mass is 32.1. The molecule has 0 amide bonds. The van der Waals surface area contributed by atoms with E-state index in [1.165, 1.54) is 70.2 Å². The molecule has 0 atom stereocenters. The third-order valence-electron chi connectivity index (χ3n) is 11.8. The average molecular weight is 845 g/mol. The minimum absolute atomic E-state index is 0.822. The molecule has 0 unspecified atom stereocenters. The zero-order valence-corrected chi connectivity index (χ0v) is 37.4. The van der Waals surface area contributed by atoms with Crippen molar-refractivity contribution in [1.82, 2.24) is 4.98 Å². The molecule has 1 N–H and O–H groups in total. The summed E-state index contributed by atoms with van der Waals surface area (Å²) in [7, 11) is 0. The maximum atomic E-state index is 4.25. The molecule has 1 aliphatic rings. The summed E-state index contributed by atoms with van der Waals surface area (Å²) in [5, 5.41) is 3.84. The van der Waals surface area contributed by atoms with Gasteiger partial charge in [0.2, 0.25) is 0 Å². The molecule has 0 saturated heterocycles. The van der Waals surface area contributed by atoms with Gasteiger partial charge in [-0.25, -0.2) is 0 Å². The number of aromatic amines is 1. The molecule has 1 aliphatic carbocycles. The lowest BCUT2D eigenvalue weighted by Crippen LogP contribution is -2.15. The van der Waals surface area contributed by atoms with Gasteiger partial charge in [0.25, 0.3) is 0 Å². The Labute approximate surface area is 381 Å². The summed E-state index contributed by atoms with van der Waals surface area (Å²) in [5.74, 6) is 0. The predicted octanol–water partition coefficient (Wildman–Crippen LogP) is 18.0. The molecule has 10 rings (SSSR count). The second-order valence-electron chi connectivity index (χ2n) is 16.1. The van der Waals surface area contributed by atoms with Gasteiger partial charge in [-0.05, 0) is 124 Å². The predicted molar refractivity (Wildman–Crippen MR) is 280 cm³/mol. The van der Waals surface area contributed by atoms with Gasteiger partial charge in [0.15, 0.2) is 0 Å². The van der Waals surface area contributed by atoms with Gasteiger partial charge in [-0.15, -0.1) is 11.3 Å². The number of nitrogens with one attached hydrogen (secondary N) is 1. The molecule has 3 heteroatoms. The van der Waals surface area contributed by atoms with Crippen LogP contribution >= 0.6 is 11.3 Å². The third-order valence-corrected chi connectivity index (χ3v) is 13.1. The average Bonchev–Trinajstić information content (AvgIpc) is 3.89. The highest BCUT2D eigenvalue weighted by Crippen LogP contribution is 2.41. The molecule has 0 saturated carbocycles. The van der Waals surface area contributed by atoms with Crippen molar-refractivity contribution in [3.63, 3.8) is 0 Å². The number of fused-ring (bicyclic) bond motifs is 4. The van der Waals surface area contributed by atoms with Crippen molar-refractivity contribution in [3.8, 4) is 33.4 Å². The van der Waals surface area contributed by atoms with Gasteiger partial charge < -0.3 is 9.88 Å². The Morgan fingerprint density at radius 2 is 1.22 bits per heavy atom. The van der Waals surface area contributed by atoms with E-state index in [1.807, 2.05) is 29.5 Å². The van der Waals surface area contributed by atoms with E-state index in [2.05, 4.69) is 237 Å². The summed E-state index contributed by atoms with van der Waals surface area (Å²) < 4.78 is 1.35. The summed E-state index contributed by atoms with van der Waals surface area (Å²) in [5.41, 5.74) is 15.4. The van der Waals surface area contributed by atoms with Gasteiger partial charge in [0.1, 0.15) is 0 Å². The van der Waals surface area contributed by atoms with Crippen LogP contribution in [0.2, 0.25) is 0 Å². The molecule has 2 heterocycles. The normalized spacial score (nSPS) is 15.1. The van der Waals surface area contributed by atoms with Crippen LogP contribution in [0.25, 0.3) is 71.3 Å². The number of para-hydroxylation sites is 1. The Balaban J connectivity index is 0.000000372. The van der Waals surface area contributed by atoms with E-state index in [4.69, 9.17) is 0 Å². The van der Waals surface area contributed by atoms with E-state index in [0.29, 0.717) is 0 Å². The third kappa shape index (κ3) is 9.32. The zero-order chi connectivity index (χ0) is 43.7. The van der Waals surface area contributed by atoms with Crippen LogP contribution in [0.1, 0.15) is 36.6 Å². The summed E-state index contributed by atoms with van der Waals surface area (Å²) in [6.07, 6.45) is 22.6. The molecule has 0 radical (unpaired) electrons. The molecular weight excluding hydrogens is 793 g/mol. The van der Waals surface area contributed by atoms with E-state index in [0.717, 1.165) is 47.4 Å². The minimum atomic E-state index is 0.822. The number of aryl methyl sites for hydroxylation is 1. The largest absolute Gasteiger partial charge is 0.355 e.